The number of carbonyl (C=O) groups is 1. The van der Waals surface area contributed by atoms with Gasteiger partial charge in [0.05, 0.1) is 18.6 Å². The van der Waals surface area contributed by atoms with Crippen molar-refractivity contribution in [2.75, 3.05) is 50.8 Å². The standard InChI is InChI=1S/C18H23F3N4O3/c19-18(20,21)14-9-15(23-12-22-14)25-3-1-17(2-4-25)10-13(28-16(17)26)11-24-5-7-27-8-6-24/h9,12-13H,1-8,10-11H2. The van der Waals surface area contributed by atoms with Crippen LogP contribution in [0.4, 0.5) is 19.0 Å². The number of morpholine rings is 1. The van der Waals surface area contributed by atoms with Crippen LogP contribution in [0.25, 0.3) is 0 Å². The molecule has 1 unspecified atom stereocenters. The largest absolute Gasteiger partial charge is 0.461 e. The number of esters is 1. The van der Waals surface area contributed by atoms with Gasteiger partial charge in [-0.15, -0.1) is 0 Å². The topological polar surface area (TPSA) is 67.8 Å². The van der Waals surface area contributed by atoms with Gasteiger partial charge in [-0.1, -0.05) is 0 Å². The van der Waals surface area contributed by atoms with E-state index in [-0.39, 0.29) is 17.9 Å². The minimum atomic E-state index is -4.50. The summed E-state index contributed by atoms with van der Waals surface area (Å²) in [6.07, 6.45) is -1.93. The summed E-state index contributed by atoms with van der Waals surface area (Å²) in [6.45, 7) is 4.70. The summed E-state index contributed by atoms with van der Waals surface area (Å²) in [5.74, 6) is 0.0671. The van der Waals surface area contributed by atoms with Crippen molar-refractivity contribution in [3.05, 3.63) is 18.1 Å². The number of alkyl halides is 3. The first-order valence-electron chi connectivity index (χ1n) is 9.51. The lowest BCUT2D eigenvalue weighted by Crippen LogP contribution is -2.43. The number of aromatic nitrogens is 2. The Morgan fingerprint density at radius 2 is 1.86 bits per heavy atom. The molecule has 7 nitrogen and oxygen atoms in total. The van der Waals surface area contributed by atoms with Crippen molar-refractivity contribution < 1.29 is 27.4 Å². The van der Waals surface area contributed by atoms with E-state index < -0.39 is 17.3 Å². The highest BCUT2D eigenvalue weighted by Crippen LogP contribution is 2.44. The molecule has 0 saturated carbocycles. The Labute approximate surface area is 160 Å². The molecule has 0 amide bonds. The summed E-state index contributed by atoms with van der Waals surface area (Å²) in [5, 5.41) is 0. The second-order valence-electron chi connectivity index (χ2n) is 7.67. The Morgan fingerprint density at radius 3 is 2.54 bits per heavy atom. The van der Waals surface area contributed by atoms with Gasteiger partial charge in [0.2, 0.25) is 0 Å². The normalized spacial score (nSPS) is 25.9. The predicted molar refractivity (Wildman–Crippen MR) is 92.7 cm³/mol. The molecule has 1 aromatic rings. The average molecular weight is 400 g/mol. The molecular formula is C18H23F3N4O3. The summed E-state index contributed by atoms with van der Waals surface area (Å²) in [4.78, 5) is 23.9. The van der Waals surface area contributed by atoms with Crippen molar-refractivity contribution in [1.29, 1.82) is 0 Å². The van der Waals surface area contributed by atoms with E-state index in [1.165, 1.54) is 0 Å². The Hall–Kier alpha value is -1.94. The van der Waals surface area contributed by atoms with E-state index in [0.717, 1.165) is 25.5 Å². The van der Waals surface area contributed by atoms with Gasteiger partial charge in [-0.05, 0) is 12.8 Å². The number of nitrogens with zero attached hydrogens (tertiary/aromatic N) is 4. The Morgan fingerprint density at radius 1 is 1.14 bits per heavy atom. The molecule has 3 aliphatic rings. The average Bonchev–Trinajstić information content (AvgIpc) is 2.97. The van der Waals surface area contributed by atoms with Crippen LogP contribution in [0.2, 0.25) is 0 Å². The van der Waals surface area contributed by atoms with E-state index in [1.54, 1.807) is 4.90 Å². The SMILES string of the molecule is O=C1OC(CN2CCOCC2)CC12CCN(c1cc(C(F)(F)F)ncn1)CC2. The van der Waals surface area contributed by atoms with Crippen molar-refractivity contribution >= 4 is 11.8 Å². The van der Waals surface area contributed by atoms with Gasteiger partial charge >= 0.3 is 12.1 Å². The molecular weight excluding hydrogens is 377 g/mol. The summed E-state index contributed by atoms with van der Waals surface area (Å²) in [7, 11) is 0. The van der Waals surface area contributed by atoms with Gasteiger partial charge in [-0.2, -0.15) is 13.2 Å². The Kier molecular flexibility index (Phi) is 5.17. The summed E-state index contributed by atoms with van der Waals surface area (Å²) >= 11 is 0. The van der Waals surface area contributed by atoms with Gasteiger partial charge in [0, 0.05) is 45.2 Å². The third kappa shape index (κ3) is 3.93. The van der Waals surface area contributed by atoms with Crippen molar-refractivity contribution in [2.24, 2.45) is 5.41 Å². The lowest BCUT2D eigenvalue weighted by atomic mass is 9.76. The number of cyclic esters (lactones) is 1. The molecule has 3 aliphatic heterocycles. The van der Waals surface area contributed by atoms with Gasteiger partial charge in [-0.3, -0.25) is 9.69 Å². The first-order valence-corrected chi connectivity index (χ1v) is 9.51. The van der Waals surface area contributed by atoms with Gasteiger partial charge in [0.1, 0.15) is 23.9 Å². The maximum Gasteiger partial charge on any atom is 0.433 e. The molecule has 3 saturated heterocycles. The predicted octanol–water partition coefficient (Wildman–Crippen LogP) is 1.73. The van der Waals surface area contributed by atoms with E-state index in [0.29, 0.717) is 52.1 Å². The number of hydrogen-bond acceptors (Lipinski definition) is 7. The van der Waals surface area contributed by atoms with Crippen molar-refractivity contribution in [1.82, 2.24) is 14.9 Å². The van der Waals surface area contributed by atoms with Crippen LogP contribution in [0.3, 0.4) is 0 Å². The number of piperidine rings is 1. The Bertz CT molecular complexity index is 716. The fourth-order valence-corrected chi connectivity index (χ4v) is 4.26. The van der Waals surface area contributed by atoms with Crippen LogP contribution in [-0.2, 0) is 20.4 Å². The molecule has 1 atom stereocenters. The van der Waals surface area contributed by atoms with E-state index >= 15 is 0 Å². The molecule has 154 valence electrons. The van der Waals surface area contributed by atoms with Crippen LogP contribution in [-0.4, -0.2) is 72.9 Å². The number of anilines is 1. The van der Waals surface area contributed by atoms with Gasteiger partial charge in [0.25, 0.3) is 0 Å². The summed E-state index contributed by atoms with van der Waals surface area (Å²) < 4.78 is 49.6. The van der Waals surface area contributed by atoms with Crippen LogP contribution in [0.15, 0.2) is 12.4 Å². The molecule has 4 heterocycles. The third-order valence-electron chi connectivity index (χ3n) is 5.88. The zero-order valence-electron chi connectivity index (χ0n) is 15.5. The quantitative estimate of drug-likeness (QED) is 0.716. The number of ether oxygens (including phenoxy) is 2. The lowest BCUT2D eigenvalue weighted by Gasteiger charge is -2.37. The van der Waals surface area contributed by atoms with Crippen molar-refractivity contribution in [3.8, 4) is 0 Å². The van der Waals surface area contributed by atoms with Crippen LogP contribution in [0.1, 0.15) is 25.0 Å². The molecule has 0 N–H and O–H groups in total. The van der Waals surface area contributed by atoms with Gasteiger partial charge in [-0.25, -0.2) is 9.97 Å². The third-order valence-corrected chi connectivity index (χ3v) is 5.88. The Balaban J connectivity index is 1.37. The molecule has 28 heavy (non-hydrogen) atoms. The fourth-order valence-electron chi connectivity index (χ4n) is 4.26. The number of rotatable bonds is 3. The summed E-state index contributed by atoms with van der Waals surface area (Å²) in [5.41, 5.74) is -1.49. The lowest BCUT2D eigenvalue weighted by molar-refractivity contribution is -0.150. The maximum atomic E-state index is 12.9. The van der Waals surface area contributed by atoms with E-state index in [9.17, 15) is 18.0 Å². The van der Waals surface area contributed by atoms with Crippen LogP contribution >= 0.6 is 0 Å². The highest BCUT2D eigenvalue weighted by molar-refractivity contribution is 5.79. The highest BCUT2D eigenvalue weighted by atomic mass is 19.4. The molecule has 1 aromatic heterocycles. The van der Waals surface area contributed by atoms with Gasteiger partial charge in [0.15, 0.2) is 0 Å². The molecule has 1 spiro atoms. The molecule has 0 aliphatic carbocycles. The number of halogens is 3. The van der Waals surface area contributed by atoms with Crippen molar-refractivity contribution in [2.45, 2.75) is 31.5 Å². The monoisotopic (exact) mass is 400 g/mol. The second-order valence-corrected chi connectivity index (χ2v) is 7.67. The van der Waals surface area contributed by atoms with Crippen LogP contribution in [0, 0.1) is 5.41 Å². The molecule has 0 radical (unpaired) electrons. The van der Waals surface area contributed by atoms with Crippen molar-refractivity contribution in [3.63, 3.8) is 0 Å². The zero-order chi connectivity index (χ0) is 19.8. The van der Waals surface area contributed by atoms with E-state index in [4.69, 9.17) is 9.47 Å². The minimum absolute atomic E-state index is 0.131. The first-order chi connectivity index (χ1) is 13.4. The van der Waals surface area contributed by atoms with Crippen LogP contribution in [0.5, 0.6) is 0 Å². The fraction of sp³-hybridized carbons (Fsp3) is 0.722. The van der Waals surface area contributed by atoms with Gasteiger partial charge < -0.3 is 14.4 Å². The zero-order valence-corrected chi connectivity index (χ0v) is 15.5. The number of carbonyl (C=O) groups excluding carboxylic acids is 1. The van der Waals surface area contributed by atoms with Crippen LogP contribution < -0.4 is 4.90 Å². The molecule has 0 aromatic carbocycles. The summed E-state index contributed by atoms with van der Waals surface area (Å²) in [6, 6.07) is 0.964. The number of hydrogen-bond donors (Lipinski definition) is 0. The molecule has 4 rings (SSSR count). The molecule has 3 fully saturated rings. The second kappa shape index (κ2) is 7.47. The smallest absolute Gasteiger partial charge is 0.433 e. The first kappa shape index (κ1) is 19.4. The molecule has 0 bridgehead atoms. The van der Waals surface area contributed by atoms with E-state index in [2.05, 4.69) is 14.9 Å². The van der Waals surface area contributed by atoms with E-state index in [1.807, 2.05) is 0 Å². The minimum Gasteiger partial charge on any atom is -0.461 e. The maximum absolute atomic E-state index is 12.9. The highest BCUT2D eigenvalue weighted by Gasteiger charge is 2.50. The molecule has 10 heteroatoms.